The predicted octanol–water partition coefficient (Wildman–Crippen LogP) is 6.74. The van der Waals surface area contributed by atoms with Gasteiger partial charge >= 0.3 is 5.97 Å². The van der Waals surface area contributed by atoms with Gasteiger partial charge in [-0.1, -0.05) is 55.8 Å². The van der Waals surface area contributed by atoms with Gasteiger partial charge in [-0.15, -0.1) is 0 Å². The van der Waals surface area contributed by atoms with Crippen LogP contribution in [0.25, 0.3) is 22.3 Å². The molecular weight excluding hydrogens is 430 g/mol. The number of hydrogen-bond donors (Lipinski definition) is 2. The number of carboxylic acids is 1. The highest BCUT2D eigenvalue weighted by atomic mass is 16.5. The number of carboxylic acid groups (broad SMARTS) is 1. The number of nitrogens with one attached hydrogen (secondary N) is 1. The molecule has 0 aliphatic heterocycles. The monoisotopic (exact) mass is 455 g/mol. The van der Waals surface area contributed by atoms with Crippen LogP contribution in [0.15, 0.2) is 89.7 Å². The average Bonchev–Trinajstić information content (AvgIpc) is 3.39. The maximum Gasteiger partial charge on any atom is 0.337 e. The molecule has 4 rings (SSSR count). The van der Waals surface area contributed by atoms with Gasteiger partial charge in [0.05, 0.1) is 35.9 Å². The Bertz CT molecular complexity index is 1280. The highest BCUT2D eigenvalue weighted by Gasteiger charge is 2.19. The second kappa shape index (κ2) is 10.5. The van der Waals surface area contributed by atoms with E-state index < -0.39 is 11.9 Å². The molecule has 0 aliphatic carbocycles. The van der Waals surface area contributed by atoms with Crippen LogP contribution in [0.2, 0.25) is 0 Å². The molecule has 0 radical (unpaired) electrons. The normalized spacial score (nSPS) is 10.6. The number of benzene rings is 3. The zero-order valence-corrected chi connectivity index (χ0v) is 18.8. The van der Waals surface area contributed by atoms with E-state index in [0.29, 0.717) is 17.9 Å². The predicted molar refractivity (Wildman–Crippen MR) is 131 cm³/mol. The summed E-state index contributed by atoms with van der Waals surface area (Å²) in [7, 11) is 0. The SMILES string of the molecule is CCCCOc1cc(-c2ccoc2)ccc1C(=O)Nc1cc(-c2ccccc2)ccc1C(=O)O. The maximum absolute atomic E-state index is 13.3. The highest BCUT2D eigenvalue weighted by Crippen LogP contribution is 2.30. The standard InChI is InChI=1S/C28H25NO5/c1-2-3-14-34-26-17-21(22-13-15-33-18-22)10-12-24(26)27(30)29-25-16-20(9-11-23(25)28(31)32)19-7-5-4-6-8-19/h4-13,15-18H,2-3,14H2,1H3,(H,29,30)(H,31,32). The van der Waals surface area contributed by atoms with Gasteiger partial charge in [-0.05, 0) is 53.4 Å². The molecule has 1 heterocycles. The quantitative estimate of drug-likeness (QED) is 0.273. The van der Waals surface area contributed by atoms with E-state index in [0.717, 1.165) is 35.1 Å². The molecule has 0 aliphatic rings. The van der Waals surface area contributed by atoms with Gasteiger partial charge < -0.3 is 19.6 Å². The molecule has 34 heavy (non-hydrogen) atoms. The van der Waals surface area contributed by atoms with Gasteiger partial charge in [-0.25, -0.2) is 4.79 Å². The number of hydrogen-bond acceptors (Lipinski definition) is 4. The Kier molecular flexibility index (Phi) is 7.08. The van der Waals surface area contributed by atoms with Crippen molar-refractivity contribution in [3.05, 3.63) is 96.4 Å². The third-order valence-electron chi connectivity index (χ3n) is 5.44. The molecule has 4 aromatic rings. The minimum Gasteiger partial charge on any atom is -0.493 e. The summed E-state index contributed by atoms with van der Waals surface area (Å²) in [6, 6.07) is 21.6. The van der Waals surface area contributed by atoms with Crippen molar-refractivity contribution in [2.24, 2.45) is 0 Å². The van der Waals surface area contributed by atoms with Crippen molar-refractivity contribution in [1.82, 2.24) is 0 Å². The summed E-state index contributed by atoms with van der Waals surface area (Å²) in [5.74, 6) is -1.14. The van der Waals surface area contributed by atoms with Crippen molar-refractivity contribution in [3.63, 3.8) is 0 Å². The van der Waals surface area contributed by atoms with Crippen LogP contribution in [0.5, 0.6) is 5.75 Å². The fourth-order valence-corrected chi connectivity index (χ4v) is 3.60. The van der Waals surface area contributed by atoms with Gasteiger partial charge in [0.15, 0.2) is 0 Å². The number of ether oxygens (including phenoxy) is 1. The molecule has 2 N–H and O–H groups in total. The van der Waals surface area contributed by atoms with E-state index in [-0.39, 0.29) is 11.3 Å². The third-order valence-corrected chi connectivity index (χ3v) is 5.44. The molecule has 6 nitrogen and oxygen atoms in total. The lowest BCUT2D eigenvalue weighted by Crippen LogP contribution is -2.16. The first-order valence-corrected chi connectivity index (χ1v) is 11.1. The van der Waals surface area contributed by atoms with E-state index in [1.807, 2.05) is 42.5 Å². The van der Waals surface area contributed by atoms with Gasteiger partial charge in [-0.3, -0.25) is 4.79 Å². The van der Waals surface area contributed by atoms with Gasteiger partial charge in [-0.2, -0.15) is 0 Å². The molecule has 172 valence electrons. The molecule has 0 saturated carbocycles. The molecule has 0 bridgehead atoms. The molecule has 1 aromatic heterocycles. The second-order valence-electron chi connectivity index (χ2n) is 7.81. The zero-order chi connectivity index (χ0) is 23.9. The van der Waals surface area contributed by atoms with Crippen LogP contribution < -0.4 is 10.1 Å². The second-order valence-corrected chi connectivity index (χ2v) is 7.81. The Balaban J connectivity index is 1.68. The van der Waals surface area contributed by atoms with Crippen molar-refractivity contribution in [2.45, 2.75) is 19.8 Å². The minimum absolute atomic E-state index is 0.0106. The maximum atomic E-state index is 13.3. The van der Waals surface area contributed by atoms with E-state index in [9.17, 15) is 14.7 Å². The number of rotatable bonds is 9. The fourth-order valence-electron chi connectivity index (χ4n) is 3.60. The summed E-state index contributed by atoms with van der Waals surface area (Å²) < 4.78 is 11.1. The van der Waals surface area contributed by atoms with Crippen LogP contribution in [-0.2, 0) is 0 Å². The summed E-state index contributed by atoms with van der Waals surface area (Å²) in [6.45, 7) is 2.53. The molecule has 0 saturated heterocycles. The van der Waals surface area contributed by atoms with Crippen LogP contribution >= 0.6 is 0 Å². The van der Waals surface area contributed by atoms with Gasteiger partial charge in [0.25, 0.3) is 5.91 Å². The molecule has 1 amide bonds. The molecule has 0 spiro atoms. The number of amides is 1. The van der Waals surface area contributed by atoms with Gasteiger partial charge in [0.2, 0.25) is 0 Å². The molecule has 0 unspecified atom stereocenters. The molecule has 6 heteroatoms. The minimum atomic E-state index is -1.12. The van der Waals surface area contributed by atoms with Crippen LogP contribution in [0.3, 0.4) is 0 Å². The lowest BCUT2D eigenvalue weighted by Gasteiger charge is -2.15. The van der Waals surface area contributed by atoms with E-state index in [1.165, 1.54) is 6.07 Å². The smallest absolute Gasteiger partial charge is 0.337 e. The van der Waals surface area contributed by atoms with Crippen LogP contribution in [0.1, 0.15) is 40.5 Å². The first kappa shape index (κ1) is 22.9. The zero-order valence-electron chi connectivity index (χ0n) is 18.8. The number of aromatic carboxylic acids is 1. The van der Waals surface area contributed by atoms with Crippen LogP contribution in [0, 0.1) is 0 Å². The third kappa shape index (κ3) is 5.18. The summed E-state index contributed by atoms with van der Waals surface area (Å²) in [5.41, 5.74) is 4.00. The number of furan rings is 1. The van der Waals surface area contributed by atoms with Crippen molar-refractivity contribution < 1.29 is 23.8 Å². The van der Waals surface area contributed by atoms with E-state index in [1.54, 1.807) is 36.8 Å². The largest absolute Gasteiger partial charge is 0.493 e. The number of carbonyl (C=O) groups is 2. The average molecular weight is 456 g/mol. The lowest BCUT2D eigenvalue weighted by atomic mass is 10.0. The lowest BCUT2D eigenvalue weighted by molar-refractivity contribution is 0.0698. The van der Waals surface area contributed by atoms with E-state index in [2.05, 4.69) is 12.2 Å². The van der Waals surface area contributed by atoms with Crippen molar-refractivity contribution >= 4 is 17.6 Å². The number of anilines is 1. The summed E-state index contributed by atoms with van der Waals surface area (Å²) >= 11 is 0. The fraction of sp³-hybridized carbons (Fsp3) is 0.143. The van der Waals surface area contributed by atoms with Crippen molar-refractivity contribution in [1.29, 1.82) is 0 Å². The Hall–Kier alpha value is -4.32. The number of carbonyl (C=O) groups excluding carboxylic acids is 1. The van der Waals surface area contributed by atoms with E-state index >= 15 is 0 Å². The summed E-state index contributed by atoms with van der Waals surface area (Å²) in [5, 5.41) is 12.5. The van der Waals surface area contributed by atoms with Gasteiger partial charge in [0.1, 0.15) is 5.75 Å². The van der Waals surface area contributed by atoms with Crippen molar-refractivity contribution in [3.8, 4) is 28.0 Å². The molecule has 0 atom stereocenters. The first-order valence-electron chi connectivity index (χ1n) is 11.1. The summed E-state index contributed by atoms with van der Waals surface area (Å²) in [6.07, 6.45) is 5.01. The Morgan fingerprint density at radius 3 is 2.29 bits per heavy atom. The van der Waals surface area contributed by atoms with Crippen molar-refractivity contribution in [2.75, 3.05) is 11.9 Å². The molecule has 3 aromatic carbocycles. The summed E-state index contributed by atoms with van der Waals surface area (Å²) in [4.78, 5) is 25.1. The van der Waals surface area contributed by atoms with E-state index in [4.69, 9.17) is 9.15 Å². The van der Waals surface area contributed by atoms with Gasteiger partial charge in [0, 0.05) is 5.56 Å². The molecular formula is C28H25NO5. The van der Waals surface area contributed by atoms with Crippen LogP contribution in [0.4, 0.5) is 5.69 Å². The topological polar surface area (TPSA) is 88.8 Å². The highest BCUT2D eigenvalue weighted by molar-refractivity contribution is 6.09. The Morgan fingerprint density at radius 2 is 1.62 bits per heavy atom. The Morgan fingerprint density at radius 1 is 0.882 bits per heavy atom. The Labute approximate surface area is 197 Å². The molecule has 0 fully saturated rings. The number of unbranched alkanes of at least 4 members (excludes halogenated alkanes) is 1. The van der Waals surface area contributed by atoms with Crippen LogP contribution in [-0.4, -0.2) is 23.6 Å². The first-order chi connectivity index (χ1) is 16.6.